The first-order chi connectivity index (χ1) is 19.4. The van der Waals surface area contributed by atoms with Crippen molar-refractivity contribution in [3.05, 3.63) is 78.9 Å². The molecular weight excluding hydrogens is 544 g/mol. The van der Waals surface area contributed by atoms with Gasteiger partial charge in [-0.25, -0.2) is 13.4 Å². The zero-order valence-corrected chi connectivity index (χ0v) is 24.2. The van der Waals surface area contributed by atoms with Gasteiger partial charge < -0.3 is 25.7 Å². The summed E-state index contributed by atoms with van der Waals surface area (Å²) >= 11 is 0. The van der Waals surface area contributed by atoms with E-state index in [0.29, 0.717) is 22.5 Å². The summed E-state index contributed by atoms with van der Waals surface area (Å²) in [4.78, 5) is 34.1. The lowest BCUT2D eigenvalue weighted by Gasteiger charge is -2.24. The minimum absolute atomic E-state index is 0.164. The van der Waals surface area contributed by atoms with E-state index in [2.05, 4.69) is 20.0 Å². The number of aromatic nitrogens is 2. The molecule has 41 heavy (non-hydrogen) atoms. The van der Waals surface area contributed by atoms with Crippen LogP contribution in [0.15, 0.2) is 78.1 Å². The third kappa shape index (κ3) is 7.02. The molecule has 12 heteroatoms. The van der Waals surface area contributed by atoms with Crippen molar-refractivity contribution in [3.8, 4) is 0 Å². The molecule has 5 N–H and O–H groups in total. The summed E-state index contributed by atoms with van der Waals surface area (Å²) in [6.45, 7) is 3.11. The van der Waals surface area contributed by atoms with E-state index in [1.165, 1.54) is 6.33 Å². The Bertz CT molecular complexity index is 1630. The average Bonchev–Trinajstić information content (AvgIpc) is 3.44. The van der Waals surface area contributed by atoms with Gasteiger partial charge in [0.05, 0.1) is 16.6 Å². The molecule has 1 unspecified atom stereocenters. The Balaban J connectivity index is 1.38. The Morgan fingerprint density at radius 1 is 1.02 bits per heavy atom. The molecule has 0 fully saturated rings. The number of rotatable bonds is 11. The summed E-state index contributed by atoms with van der Waals surface area (Å²) < 4.78 is 34.5. The second kappa shape index (κ2) is 12.0. The molecule has 1 heterocycles. The predicted molar refractivity (Wildman–Crippen MR) is 159 cm³/mol. The number of nitrogens with one attached hydrogen (secondary N) is 3. The zero-order valence-electron chi connectivity index (χ0n) is 23.3. The monoisotopic (exact) mass is 578 g/mol. The topological polar surface area (TPSA) is 160 Å². The van der Waals surface area contributed by atoms with Gasteiger partial charge in [0, 0.05) is 60.2 Å². The van der Waals surface area contributed by atoms with Crippen LogP contribution in [-0.2, 0) is 30.8 Å². The van der Waals surface area contributed by atoms with Crippen LogP contribution in [-0.4, -0.2) is 57.0 Å². The largest absolute Gasteiger partial charge is 0.463 e. The lowest BCUT2D eigenvalue weighted by atomic mass is 9.93. The number of nitrogens with two attached hydrogens (primary N) is 1. The van der Waals surface area contributed by atoms with E-state index < -0.39 is 27.4 Å². The predicted octanol–water partition coefficient (Wildman–Crippen LogP) is 3.51. The normalized spacial score (nSPS) is 12.5. The number of H-pyrrole nitrogens is 1. The molecule has 0 bridgehead atoms. The van der Waals surface area contributed by atoms with Crippen LogP contribution in [0.1, 0.15) is 19.5 Å². The average molecular weight is 579 g/mol. The second-order valence-electron chi connectivity index (χ2n) is 10.5. The van der Waals surface area contributed by atoms with E-state index in [0.717, 1.165) is 11.1 Å². The Labute approximate surface area is 239 Å². The minimum Gasteiger partial charge on any atom is -0.463 e. The van der Waals surface area contributed by atoms with Crippen LogP contribution in [0.4, 0.5) is 17.1 Å². The first-order valence-electron chi connectivity index (χ1n) is 12.9. The van der Waals surface area contributed by atoms with Crippen molar-refractivity contribution in [2.45, 2.75) is 31.2 Å². The van der Waals surface area contributed by atoms with Crippen LogP contribution in [0, 0.1) is 5.41 Å². The maximum atomic E-state index is 13.3. The van der Waals surface area contributed by atoms with Gasteiger partial charge in [-0.15, -0.1) is 0 Å². The van der Waals surface area contributed by atoms with Crippen molar-refractivity contribution in [2.24, 2.45) is 11.1 Å². The molecule has 0 saturated heterocycles. The number of amides is 1. The SMILES string of the molecule is CN(C)c1cccc2c(S(=O)(=O)Nc3ccc(NC(=O)C(C)(C)COC(=O)C(N)Cc4cnc[nH]4)cc3)cccc12. The number of nitrogens with zero attached hydrogens (tertiary/aromatic N) is 2. The third-order valence-electron chi connectivity index (χ3n) is 6.51. The number of carbonyl (C=O) groups excluding carboxylic acids is 2. The second-order valence-corrected chi connectivity index (χ2v) is 12.2. The maximum Gasteiger partial charge on any atom is 0.323 e. The quantitative estimate of drug-likeness (QED) is 0.197. The number of hydrogen-bond acceptors (Lipinski definition) is 8. The summed E-state index contributed by atoms with van der Waals surface area (Å²) in [6.07, 6.45) is 3.30. The molecule has 4 rings (SSSR count). The fraction of sp³-hybridized carbons (Fsp3) is 0.276. The minimum atomic E-state index is -3.90. The number of sulfonamides is 1. The number of benzene rings is 3. The van der Waals surface area contributed by atoms with E-state index in [9.17, 15) is 18.0 Å². The van der Waals surface area contributed by atoms with Crippen LogP contribution >= 0.6 is 0 Å². The van der Waals surface area contributed by atoms with Gasteiger partial charge in [0.2, 0.25) is 5.91 Å². The van der Waals surface area contributed by atoms with Gasteiger partial charge in [0.1, 0.15) is 12.6 Å². The molecule has 0 spiro atoms. The number of fused-ring (bicyclic) bond motifs is 1. The molecule has 1 aromatic heterocycles. The Morgan fingerprint density at radius 3 is 2.34 bits per heavy atom. The number of anilines is 3. The van der Waals surface area contributed by atoms with Gasteiger partial charge >= 0.3 is 5.97 Å². The fourth-order valence-electron chi connectivity index (χ4n) is 4.16. The summed E-state index contributed by atoms with van der Waals surface area (Å²) in [7, 11) is -0.0915. The van der Waals surface area contributed by atoms with E-state index in [-0.39, 0.29) is 23.8 Å². The first-order valence-corrected chi connectivity index (χ1v) is 14.4. The molecule has 0 aliphatic rings. The molecule has 4 aromatic rings. The van der Waals surface area contributed by atoms with Crippen molar-refractivity contribution in [3.63, 3.8) is 0 Å². The lowest BCUT2D eigenvalue weighted by Crippen LogP contribution is -2.40. The summed E-state index contributed by atoms with van der Waals surface area (Å²) in [6, 6.07) is 16.1. The fourth-order valence-corrected chi connectivity index (χ4v) is 5.44. The van der Waals surface area contributed by atoms with E-state index in [4.69, 9.17) is 10.5 Å². The summed E-state index contributed by atoms with van der Waals surface area (Å²) in [5.74, 6) is -1.01. The van der Waals surface area contributed by atoms with Crippen molar-refractivity contribution < 1.29 is 22.7 Å². The van der Waals surface area contributed by atoms with Gasteiger partial charge in [-0.3, -0.25) is 14.3 Å². The summed E-state index contributed by atoms with van der Waals surface area (Å²) in [5, 5.41) is 4.21. The number of esters is 1. The van der Waals surface area contributed by atoms with Crippen LogP contribution in [0.3, 0.4) is 0 Å². The number of carbonyl (C=O) groups is 2. The standard InChI is InChI=1S/C29H34N6O5S/c1-29(2,17-40-27(36)24(30)15-21-16-31-18-32-21)28(37)33-19-11-13-20(14-12-19)34-41(38,39)26-10-6-7-22-23(26)8-5-9-25(22)35(3)4/h5-14,16,18,24,34H,15,17,30H2,1-4H3,(H,31,32)(H,33,37). The number of imidazole rings is 1. The Morgan fingerprint density at radius 2 is 1.68 bits per heavy atom. The van der Waals surface area contributed by atoms with Crippen LogP contribution in [0.5, 0.6) is 0 Å². The number of ether oxygens (including phenoxy) is 1. The van der Waals surface area contributed by atoms with E-state index in [1.54, 1.807) is 62.5 Å². The molecule has 0 aliphatic heterocycles. The molecule has 216 valence electrons. The van der Waals surface area contributed by atoms with E-state index in [1.807, 2.05) is 37.2 Å². The van der Waals surface area contributed by atoms with Crippen LogP contribution in [0.25, 0.3) is 10.8 Å². The van der Waals surface area contributed by atoms with Crippen molar-refractivity contribution in [2.75, 3.05) is 35.6 Å². The number of hydrogen-bond donors (Lipinski definition) is 4. The van der Waals surface area contributed by atoms with Gasteiger partial charge in [-0.05, 0) is 50.2 Å². The molecule has 0 aliphatic carbocycles. The lowest BCUT2D eigenvalue weighted by molar-refractivity contribution is -0.150. The molecule has 11 nitrogen and oxygen atoms in total. The highest BCUT2D eigenvalue weighted by molar-refractivity contribution is 7.93. The highest BCUT2D eigenvalue weighted by atomic mass is 32.2. The zero-order chi connectivity index (χ0) is 29.8. The van der Waals surface area contributed by atoms with Crippen molar-refractivity contribution >= 4 is 49.7 Å². The molecule has 1 atom stereocenters. The molecule has 1 amide bonds. The van der Waals surface area contributed by atoms with Crippen LogP contribution < -0.4 is 20.7 Å². The Kier molecular flexibility index (Phi) is 8.64. The van der Waals surface area contributed by atoms with Gasteiger partial charge in [-0.1, -0.05) is 24.3 Å². The van der Waals surface area contributed by atoms with Crippen LogP contribution in [0.2, 0.25) is 0 Å². The third-order valence-corrected chi connectivity index (χ3v) is 7.95. The first kappa shape index (κ1) is 29.6. The van der Waals surface area contributed by atoms with Gasteiger partial charge in [-0.2, -0.15) is 0 Å². The molecule has 0 radical (unpaired) electrons. The molecular formula is C29H34N6O5S. The van der Waals surface area contributed by atoms with E-state index >= 15 is 0 Å². The number of aromatic amines is 1. The van der Waals surface area contributed by atoms with Crippen molar-refractivity contribution in [1.29, 1.82) is 0 Å². The Hall–Kier alpha value is -4.42. The highest BCUT2D eigenvalue weighted by Crippen LogP contribution is 2.31. The maximum absolute atomic E-state index is 13.3. The van der Waals surface area contributed by atoms with Crippen molar-refractivity contribution in [1.82, 2.24) is 9.97 Å². The smallest absolute Gasteiger partial charge is 0.323 e. The molecule has 3 aromatic carbocycles. The van der Waals surface area contributed by atoms with Gasteiger partial charge in [0.25, 0.3) is 10.0 Å². The highest BCUT2D eigenvalue weighted by Gasteiger charge is 2.31. The molecule has 0 saturated carbocycles. The van der Waals surface area contributed by atoms with Gasteiger partial charge in [0.15, 0.2) is 0 Å². The summed E-state index contributed by atoms with van der Waals surface area (Å²) in [5.41, 5.74) is 7.25.